The van der Waals surface area contributed by atoms with Crippen LogP contribution in [-0.2, 0) is 43.3 Å². The van der Waals surface area contributed by atoms with Crippen LogP contribution >= 0.6 is 11.3 Å². The zero-order chi connectivity index (χ0) is 48.8. The van der Waals surface area contributed by atoms with Gasteiger partial charge >= 0.3 is 0 Å². The standard InChI is InChI=1S/C64H79BN2S/c1-57(2,3)38-19-21-40(22-20-38)66-50-36-47-46(62(13,14)28-29-63(47,15)16)35-49(50)65-54-42-34-45-48(64(17,18)30-27-61(45,11)12)37-53(42)68-56(54)67(52-32-39(58(4,5)6)31-51(66)55(52)65)41-23-24-43-44(33-41)60(9,10)26-25-59(43,7)8/h19-24,31-37H,25-30H2,1-18H3. The summed E-state index contributed by atoms with van der Waals surface area (Å²) >= 11 is 2.06. The quantitative estimate of drug-likeness (QED) is 0.159. The van der Waals surface area contributed by atoms with Crippen molar-refractivity contribution in [3.05, 3.63) is 123 Å². The molecule has 0 radical (unpaired) electrons. The lowest BCUT2D eigenvalue weighted by atomic mass is 9.33. The molecule has 4 heteroatoms. The summed E-state index contributed by atoms with van der Waals surface area (Å²) in [5.74, 6) is 0. The molecule has 0 unspecified atom stereocenters. The van der Waals surface area contributed by atoms with Crippen molar-refractivity contribution in [2.75, 3.05) is 9.80 Å². The van der Waals surface area contributed by atoms with E-state index in [0.717, 1.165) is 0 Å². The Morgan fingerprint density at radius 1 is 0.412 bits per heavy atom. The molecule has 0 bridgehead atoms. The van der Waals surface area contributed by atoms with Crippen molar-refractivity contribution in [1.29, 1.82) is 0 Å². The van der Waals surface area contributed by atoms with E-state index < -0.39 is 0 Å². The SMILES string of the molecule is CC(C)(C)c1ccc(N2c3cc4c(cc3B3c5c2cc(C(C)(C)C)cc5N(c2ccc5c(c2)C(C)(C)CCC5(C)C)c2sc5cc6c(cc5c23)C(C)(C)CCC6(C)C)C(C)(C)CCC4(C)C)cc1. The van der Waals surface area contributed by atoms with Gasteiger partial charge in [0.25, 0.3) is 6.71 Å². The van der Waals surface area contributed by atoms with Crippen molar-refractivity contribution < 1.29 is 0 Å². The van der Waals surface area contributed by atoms with Crippen molar-refractivity contribution in [3.8, 4) is 0 Å². The zero-order valence-corrected chi connectivity index (χ0v) is 45.9. The number of fused-ring (bicyclic) bond motifs is 9. The molecule has 1 aromatic heterocycles. The van der Waals surface area contributed by atoms with Crippen LogP contribution in [0.25, 0.3) is 10.1 Å². The minimum Gasteiger partial charge on any atom is -0.311 e. The summed E-state index contributed by atoms with van der Waals surface area (Å²) in [4.78, 5) is 5.46. The fraction of sp³-hybridized carbons (Fsp3) is 0.500. The molecule has 2 nitrogen and oxygen atoms in total. The van der Waals surface area contributed by atoms with Gasteiger partial charge < -0.3 is 9.80 Å². The smallest absolute Gasteiger partial charge is 0.254 e. The van der Waals surface area contributed by atoms with Gasteiger partial charge in [-0.25, -0.2) is 0 Å². The zero-order valence-electron chi connectivity index (χ0n) is 45.1. The van der Waals surface area contributed by atoms with Crippen LogP contribution in [-0.4, -0.2) is 6.71 Å². The van der Waals surface area contributed by atoms with Crippen molar-refractivity contribution >= 4 is 78.0 Å². The average Bonchev–Trinajstić information content (AvgIpc) is 3.62. The molecule has 0 spiro atoms. The van der Waals surface area contributed by atoms with Crippen molar-refractivity contribution in [3.63, 3.8) is 0 Å². The van der Waals surface area contributed by atoms with Crippen molar-refractivity contribution in [2.24, 2.45) is 0 Å². The molecule has 3 heterocycles. The molecule has 6 aromatic rings. The molecule has 0 amide bonds. The van der Waals surface area contributed by atoms with Crippen molar-refractivity contribution in [2.45, 2.75) is 206 Å². The number of thiophene rings is 1. The highest BCUT2D eigenvalue weighted by atomic mass is 32.1. The topological polar surface area (TPSA) is 6.48 Å². The van der Waals surface area contributed by atoms with Gasteiger partial charge in [-0.2, -0.15) is 0 Å². The van der Waals surface area contributed by atoms with Gasteiger partial charge in [-0.3, -0.25) is 0 Å². The molecular formula is C64H79BN2S. The number of benzene rings is 5. The highest BCUT2D eigenvalue weighted by molar-refractivity contribution is 7.26. The third kappa shape index (κ3) is 6.74. The van der Waals surface area contributed by atoms with Crippen LogP contribution in [0.2, 0.25) is 0 Å². The van der Waals surface area contributed by atoms with Crippen LogP contribution in [0.15, 0.2) is 78.9 Å². The second-order valence-corrected chi connectivity index (χ2v) is 29.3. The summed E-state index contributed by atoms with van der Waals surface area (Å²) in [6.07, 6.45) is 7.18. The second kappa shape index (κ2) is 14.2. The van der Waals surface area contributed by atoms with Crippen LogP contribution < -0.4 is 26.2 Å². The van der Waals surface area contributed by atoms with Gasteiger partial charge in [-0.05, 0) is 203 Å². The van der Waals surface area contributed by atoms with E-state index >= 15 is 0 Å². The monoisotopic (exact) mass is 919 g/mol. The number of hydrogen-bond donors (Lipinski definition) is 0. The first-order valence-corrected chi connectivity index (χ1v) is 27.1. The Labute approximate surface area is 415 Å². The van der Waals surface area contributed by atoms with E-state index in [2.05, 4.69) is 225 Å². The predicted molar refractivity (Wildman–Crippen MR) is 299 cm³/mol. The van der Waals surface area contributed by atoms with Gasteiger partial charge in [-0.1, -0.05) is 149 Å². The van der Waals surface area contributed by atoms with Crippen LogP contribution in [0.1, 0.15) is 208 Å². The van der Waals surface area contributed by atoms with E-state index in [4.69, 9.17) is 0 Å². The highest BCUT2D eigenvalue weighted by Gasteiger charge is 2.50. The Kier molecular flexibility index (Phi) is 9.63. The lowest BCUT2D eigenvalue weighted by molar-refractivity contribution is 0.332. The summed E-state index contributed by atoms with van der Waals surface area (Å²) in [7, 11) is 0. The molecule has 5 aromatic carbocycles. The fourth-order valence-electron chi connectivity index (χ4n) is 13.4. The summed E-state index contributed by atoms with van der Waals surface area (Å²) in [5.41, 5.74) is 23.4. The number of hydrogen-bond acceptors (Lipinski definition) is 3. The van der Waals surface area contributed by atoms with E-state index in [9.17, 15) is 0 Å². The molecule has 0 saturated carbocycles. The Hall–Kier alpha value is -4.28. The summed E-state index contributed by atoms with van der Waals surface area (Å²) in [6.45, 7) is 44.2. The van der Waals surface area contributed by atoms with Crippen LogP contribution in [0, 0.1) is 0 Å². The van der Waals surface area contributed by atoms with Gasteiger partial charge in [0.1, 0.15) is 0 Å². The molecule has 0 atom stereocenters. The van der Waals surface area contributed by atoms with E-state index in [1.54, 1.807) is 11.1 Å². The molecule has 0 N–H and O–H groups in total. The maximum Gasteiger partial charge on any atom is 0.254 e. The minimum atomic E-state index is -0.0882. The molecule has 11 rings (SSSR count). The fourth-order valence-corrected chi connectivity index (χ4v) is 14.7. The average molecular weight is 919 g/mol. The molecule has 5 aliphatic rings. The Balaban J connectivity index is 1.31. The Morgan fingerprint density at radius 3 is 1.38 bits per heavy atom. The third-order valence-corrected chi connectivity index (χ3v) is 19.7. The molecule has 354 valence electrons. The van der Waals surface area contributed by atoms with Crippen LogP contribution in [0.5, 0.6) is 0 Å². The van der Waals surface area contributed by atoms with E-state index in [1.807, 2.05) is 0 Å². The van der Waals surface area contributed by atoms with E-state index in [-0.39, 0.29) is 50.0 Å². The predicted octanol–water partition coefficient (Wildman–Crippen LogP) is 16.6. The summed E-state index contributed by atoms with van der Waals surface area (Å²) in [5, 5.41) is 2.85. The summed E-state index contributed by atoms with van der Waals surface area (Å²) in [6, 6.07) is 33.2. The maximum absolute atomic E-state index is 2.76. The summed E-state index contributed by atoms with van der Waals surface area (Å²) < 4.78 is 1.43. The first kappa shape index (κ1) is 46.1. The largest absolute Gasteiger partial charge is 0.311 e. The Morgan fingerprint density at radius 2 is 0.853 bits per heavy atom. The Bertz CT molecular complexity index is 3100. The van der Waals surface area contributed by atoms with Gasteiger partial charge in [0.2, 0.25) is 0 Å². The normalized spacial score (nSPS) is 21.1. The number of rotatable bonds is 2. The van der Waals surface area contributed by atoms with Gasteiger partial charge in [0.15, 0.2) is 0 Å². The second-order valence-electron chi connectivity index (χ2n) is 28.3. The maximum atomic E-state index is 2.76. The van der Waals surface area contributed by atoms with Crippen LogP contribution in [0.3, 0.4) is 0 Å². The molecule has 2 aliphatic heterocycles. The number of nitrogens with zero attached hydrogens (tertiary/aromatic N) is 2. The highest BCUT2D eigenvalue weighted by Crippen LogP contribution is 2.56. The van der Waals surface area contributed by atoms with E-state index in [1.165, 1.54) is 132 Å². The molecule has 3 aliphatic carbocycles. The van der Waals surface area contributed by atoms with Crippen molar-refractivity contribution in [1.82, 2.24) is 0 Å². The van der Waals surface area contributed by atoms with Crippen LogP contribution in [0.4, 0.5) is 33.4 Å². The van der Waals surface area contributed by atoms with Gasteiger partial charge in [-0.15, -0.1) is 11.3 Å². The molecule has 0 fully saturated rings. The minimum absolute atomic E-state index is 0.0575. The van der Waals surface area contributed by atoms with Gasteiger partial charge in [0.05, 0.1) is 5.00 Å². The first-order chi connectivity index (χ1) is 31.4. The first-order valence-electron chi connectivity index (χ1n) is 26.3. The van der Waals surface area contributed by atoms with E-state index in [0.29, 0.717) is 0 Å². The number of anilines is 6. The third-order valence-electron chi connectivity index (χ3n) is 18.6. The lowest BCUT2D eigenvalue weighted by Crippen LogP contribution is -2.61. The lowest BCUT2D eigenvalue weighted by Gasteiger charge is -2.47. The molecule has 0 saturated heterocycles. The molecule has 68 heavy (non-hydrogen) atoms. The van der Waals surface area contributed by atoms with Gasteiger partial charge in [0, 0.05) is 33.1 Å². The molecular weight excluding hydrogens is 840 g/mol.